The molecule has 1 amide bonds. The first kappa shape index (κ1) is 26.4. The van der Waals surface area contributed by atoms with Gasteiger partial charge in [0.1, 0.15) is 0 Å². The second kappa shape index (κ2) is 11.7. The second-order valence-corrected chi connectivity index (χ2v) is 12.3. The average Bonchev–Trinajstić information content (AvgIpc) is 2.94. The largest absolute Gasteiger partial charge is 0.326 e. The van der Waals surface area contributed by atoms with Crippen LogP contribution < -0.4 is 9.62 Å². The Kier molecular flexibility index (Phi) is 8.15. The third-order valence-corrected chi connectivity index (χ3v) is 9.89. The summed E-state index contributed by atoms with van der Waals surface area (Å²) in [5.41, 5.74) is 2.70. The van der Waals surface area contributed by atoms with Gasteiger partial charge in [-0.25, -0.2) is 8.42 Å². The van der Waals surface area contributed by atoms with Crippen LogP contribution in [-0.2, 0) is 14.8 Å². The summed E-state index contributed by atoms with van der Waals surface area (Å²) >= 11 is 0. The zero-order valence-corrected chi connectivity index (χ0v) is 22.8. The molecule has 5 rings (SSSR count). The molecular weight excluding hydrogens is 494 g/mol. The first-order valence-electron chi connectivity index (χ1n) is 13.7. The number of hydrogen-bond donors (Lipinski definition) is 1. The minimum absolute atomic E-state index is 0.118. The highest BCUT2D eigenvalue weighted by atomic mass is 32.2. The summed E-state index contributed by atoms with van der Waals surface area (Å²) in [4.78, 5) is 14.2. The fourth-order valence-electron chi connectivity index (χ4n) is 6.24. The van der Waals surface area contributed by atoms with E-state index in [0.717, 1.165) is 25.9 Å². The maximum atomic E-state index is 14.0. The van der Waals surface area contributed by atoms with Crippen LogP contribution in [0.5, 0.6) is 0 Å². The van der Waals surface area contributed by atoms with Crippen LogP contribution in [0.3, 0.4) is 0 Å². The Morgan fingerprint density at radius 3 is 2.05 bits per heavy atom. The quantitative estimate of drug-likeness (QED) is 0.404. The predicted molar refractivity (Wildman–Crippen MR) is 153 cm³/mol. The number of piperidine rings is 1. The van der Waals surface area contributed by atoms with E-state index in [1.54, 1.807) is 28.6 Å². The van der Waals surface area contributed by atoms with Gasteiger partial charge in [-0.3, -0.25) is 14.0 Å². The van der Waals surface area contributed by atoms with Gasteiger partial charge in [-0.15, -0.1) is 0 Å². The predicted octanol–water partition coefficient (Wildman–Crippen LogP) is 6.03. The Morgan fingerprint density at radius 2 is 1.42 bits per heavy atom. The van der Waals surface area contributed by atoms with Gasteiger partial charge in [0, 0.05) is 37.8 Å². The van der Waals surface area contributed by atoms with E-state index in [1.807, 2.05) is 30.3 Å². The van der Waals surface area contributed by atoms with Gasteiger partial charge in [0.25, 0.3) is 10.0 Å². The van der Waals surface area contributed by atoms with Crippen molar-refractivity contribution in [1.29, 1.82) is 0 Å². The molecular formula is C31H37N3O3S. The van der Waals surface area contributed by atoms with Crippen LogP contribution in [-0.4, -0.2) is 44.4 Å². The zero-order chi connectivity index (χ0) is 26.5. The fraction of sp³-hybridized carbons (Fsp3) is 0.387. The van der Waals surface area contributed by atoms with Gasteiger partial charge in [-0.05, 0) is 73.6 Å². The van der Waals surface area contributed by atoms with Crippen molar-refractivity contribution in [1.82, 2.24) is 4.90 Å². The minimum Gasteiger partial charge on any atom is -0.326 e. The van der Waals surface area contributed by atoms with Crippen LogP contribution in [0.1, 0.15) is 56.9 Å². The van der Waals surface area contributed by atoms with E-state index in [2.05, 4.69) is 40.5 Å². The Bertz CT molecular complexity index is 1310. The molecule has 1 aliphatic heterocycles. The lowest BCUT2D eigenvalue weighted by atomic mass is 9.78. The molecule has 1 N–H and O–H groups in total. The number of benzene rings is 3. The summed E-state index contributed by atoms with van der Waals surface area (Å²) in [5.74, 6) is 0.350. The van der Waals surface area contributed by atoms with Gasteiger partial charge < -0.3 is 5.32 Å². The number of anilines is 2. The lowest BCUT2D eigenvalue weighted by Gasteiger charge is -2.45. The number of nitrogens with zero attached hydrogens (tertiary/aromatic N) is 2. The van der Waals surface area contributed by atoms with Gasteiger partial charge in [0.2, 0.25) is 5.91 Å². The minimum atomic E-state index is -3.79. The van der Waals surface area contributed by atoms with Crippen molar-refractivity contribution < 1.29 is 13.2 Å². The van der Waals surface area contributed by atoms with E-state index in [4.69, 9.17) is 0 Å². The van der Waals surface area contributed by atoms with Gasteiger partial charge in [-0.1, -0.05) is 61.4 Å². The summed E-state index contributed by atoms with van der Waals surface area (Å²) < 4.78 is 29.7. The standard InChI is InChI=1S/C31H37N3O3S/c1-24(35)32-26-16-18-29(19-17-26)38(36,37)34(27-12-6-3-7-13-27)28-20-22-33(23-21-28)31-15-9-8-14-30(31)25-10-4-2-5-11-25/h2-7,10-13,16-19,28,30-31H,8-9,14-15,20-23H2,1H3,(H,32,35). The second-order valence-electron chi connectivity index (χ2n) is 10.5. The molecule has 1 saturated carbocycles. The number of nitrogens with one attached hydrogen (secondary N) is 1. The number of rotatable bonds is 7. The monoisotopic (exact) mass is 531 g/mol. The van der Waals surface area contributed by atoms with Crippen molar-refractivity contribution in [2.75, 3.05) is 22.7 Å². The molecule has 3 aromatic carbocycles. The van der Waals surface area contributed by atoms with Crippen molar-refractivity contribution in [3.8, 4) is 0 Å². The number of hydrogen-bond acceptors (Lipinski definition) is 4. The molecule has 0 radical (unpaired) electrons. The topological polar surface area (TPSA) is 69.7 Å². The van der Waals surface area contributed by atoms with E-state index in [0.29, 0.717) is 23.3 Å². The van der Waals surface area contributed by atoms with E-state index < -0.39 is 10.0 Å². The number of carbonyl (C=O) groups excluding carboxylic acids is 1. The summed E-state index contributed by atoms with van der Waals surface area (Å²) in [6.45, 7) is 3.21. The molecule has 38 heavy (non-hydrogen) atoms. The Balaban J connectivity index is 1.36. The maximum Gasteiger partial charge on any atom is 0.264 e. The van der Waals surface area contributed by atoms with Gasteiger partial charge >= 0.3 is 0 Å². The van der Waals surface area contributed by atoms with E-state index in [9.17, 15) is 13.2 Å². The van der Waals surface area contributed by atoms with E-state index in [1.165, 1.54) is 38.2 Å². The van der Waals surface area contributed by atoms with Crippen LogP contribution >= 0.6 is 0 Å². The van der Waals surface area contributed by atoms with E-state index >= 15 is 0 Å². The number of likely N-dealkylation sites (tertiary alicyclic amines) is 1. The van der Waals surface area contributed by atoms with Crippen molar-refractivity contribution in [3.05, 3.63) is 90.5 Å². The fourth-order valence-corrected chi connectivity index (χ4v) is 7.95. The van der Waals surface area contributed by atoms with E-state index in [-0.39, 0.29) is 16.8 Å². The number of amides is 1. The Morgan fingerprint density at radius 1 is 0.816 bits per heavy atom. The number of carbonyl (C=O) groups is 1. The number of para-hydroxylation sites is 1. The van der Waals surface area contributed by atoms with Gasteiger partial charge in [-0.2, -0.15) is 0 Å². The van der Waals surface area contributed by atoms with Crippen molar-refractivity contribution in [3.63, 3.8) is 0 Å². The molecule has 3 aromatic rings. The maximum absolute atomic E-state index is 14.0. The SMILES string of the molecule is CC(=O)Nc1ccc(S(=O)(=O)N(c2ccccc2)C2CCN(C3CCCCC3c3ccccc3)CC2)cc1. The van der Waals surface area contributed by atoms with Crippen molar-refractivity contribution in [2.45, 2.75) is 68.3 Å². The molecule has 6 nitrogen and oxygen atoms in total. The lowest BCUT2D eigenvalue weighted by molar-refractivity contribution is -0.114. The molecule has 2 fully saturated rings. The molecule has 1 aliphatic carbocycles. The van der Waals surface area contributed by atoms with Gasteiger partial charge in [0.05, 0.1) is 10.6 Å². The third-order valence-electron chi connectivity index (χ3n) is 8.00. The lowest BCUT2D eigenvalue weighted by Crippen LogP contribution is -2.51. The van der Waals surface area contributed by atoms with Gasteiger partial charge in [0.15, 0.2) is 0 Å². The highest BCUT2D eigenvalue weighted by Crippen LogP contribution is 2.38. The third kappa shape index (κ3) is 5.79. The average molecular weight is 532 g/mol. The summed E-state index contributed by atoms with van der Waals surface area (Å²) in [7, 11) is -3.79. The normalized spacial score (nSPS) is 21.1. The highest BCUT2D eigenvalue weighted by molar-refractivity contribution is 7.92. The summed E-state index contributed by atoms with van der Waals surface area (Å²) in [6, 6.07) is 27.2. The molecule has 200 valence electrons. The molecule has 0 spiro atoms. The molecule has 1 saturated heterocycles. The van der Waals surface area contributed by atoms with Crippen LogP contribution in [0.25, 0.3) is 0 Å². The van der Waals surface area contributed by atoms with Crippen molar-refractivity contribution in [2.24, 2.45) is 0 Å². The molecule has 2 aliphatic rings. The Hall–Kier alpha value is -3.16. The van der Waals surface area contributed by atoms with Crippen LogP contribution in [0.15, 0.2) is 89.8 Å². The molecule has 0 bridgehead atoms. The van der Waals surface area contributed by atoms with Crippen LogP contribution in [0, 0.1) is 0 Å². The molecule has 2 unspecified atom stereocenters. The Labute approximate surface area is 226 Å². The smallest absolute Gasteiger partial charge is 0.264 e. The molecule has 7 heteroatoms. The van der Waals surface area contributed by atoms with Crippen LogP contribution in [0.2, 0.25) is 0 Å². The molecule has 0 aromatic heterocycles. The first-order chi connectivity index (χ1) is 18.4. The van der Waals surface area contributed by atoms with Crippen LogP contribution in [0.4, 0.5) is 11.4 Å². The molecule has 2 atom stereocenters. The first-order valence-corrected chi connectivity index (χ1v) is 15.1. The molecule has 1 heterocycles. The van der Waals surface area contributed by atoms with Crippen molar-refractivity contribution >= 4 is 27.3 Å². The summed E-state index contributed by atoms with van der Waals surface area (Å²) in [5, 5.41) is 2.71. The number of sulfonamides is 1. The highest BCUT2D eigenvalue weighted by Gasteiger charge is 2.38. The zero-order valence-electron chi connectivity index (χ0n) is 22.0. The summed E-state index contributed by atoms with van der Waals surface area (Å²) in [6.07, 6.45) is 6.52.